The summed E-state index contributed by atoms with van der Waals surface area (Å²) in [4.78, 5) is 0. The van der Waals surface area contributed by atoms with Crippen LogP contribution < -0.4 is 11.1 Å². The van der Waals surface area contributed by atoms with Gasteiger partial charge in [-0.3, -0.25) is 0 Å². The van der Waals surface area contributed by atoms with Crippen LogP contribution in [0.3, 0.4) is 0 Å². The van der Waals surface area contributed by atoms with Gasteiger partial charge in [-0.05, 0) is 25.4 Å². The van der Waals surface area contributed by atoms with Crippen molar-refractivity contribution >= 4 is 0 Å². The molecule has 1 aromatic rings. The zero-order chi connectivity index (χ0) is 8.39. The number of aromatic nitrogens is 1. The molecule has 1 aromatic heterocycles. The molecule has 2 atom stereocenters. The monoisotopic (exact) mass is 167 g/mol. The Bertz CT molecular complexity index is 228. The van der Waals surface area contributed by atoms with Crippen molar-refractivity contribution in [1.82, 2.24) is 10.5 Å². The maximum atomic E-state index is 5.98. The highest BCUT2D eigenvalue weighted by Gasteiger charge is 2.24. The Kier molecular flexibility index (Phi) is 2.10. The highest BCUT2D eigenvalue weighted by Crippen LogP contribution is 2.22. The molecule has 0 radical (unpaired) electrons. The van der Waals surface area contributed by atoms with E-state index in [-0.39, 0.29) is 6.04 Å². The molecule has 1 saturated heterocycles. The lowest BCUT2D eigenvalue weighted by molar-refractivity contribution is 0.384. The average molecular weight is 167 g/mol. The Hall–Kier alpha value is -0.870. The molecule has 0 saturated carbocycles. The first-order valence-corrected chi connectivity index (χ1v) is 4.24. The van der Waals surface area contributed by atoms with Crippen molar-refractivity contribution in [2.75, 3.05) is 13.1 Å². The molecule has 66 valence electrons. The summed E-state index contributed by atoms with van der Waals surface area (Å²) in [7, 11) is 0. The van der Waals surface area contributed by atoms with Crippen LogP contribution >= 0.6 is 0 Å². The summed E-state index contributed by atoms with van der Waals surface area (Å²) in [5, 5.41) is 7.11. The van der Waals surface area contributed by atoms with Crippen LogP contribution in [0.1, 0.15) is 18.2 Å². The van der Waals surface area contributed by atoms with Gasteiger partial charge in [-0.15, -0.1) is 0 Å². The minimum atomic E-state index is 0.0266. The van der Waals surface area contributed by atoms with Crippen LogP contribution in [0.4, 0.5) is 0 Å². The zero-order valence-electron chi connectivity index (χ0n) is 6.86. The number of nitrogens with zero attached hydrogens (tertiary/aromatic N) is 1. The van der Waals surface area contributed by atoms with E-state index in [1.165, 1.54) is 0 Å². The van der Waals surface area contributed by atoms with Crippen LogP contribution in [0.25, 0.3) is 0 Å². The van der Waals surface area contributed by atoms with Gasteiger partial charge in [0, 0.05) is 6.07 Å². The van der Waals surface area contributed by atoms with Crippen molar-refractivity contribution in [2.45, 2.75) is 12.5 Å². The first-order chi connectivity index (χ1) is 5.88. The Morgan fingerprint density at radius 3 is 3.25 bits per heavy atom. The molecular weight excluding hydrogens is 154 g/mol. The van der Waals surface area contributed by atoms with Crippen molar-refractivity contribution in [2.24, 2.45) is 11.7 Å². The van der Waals surface area contributed by atoms with E-state index in [0.717, 1.165) is 25.2 Å². The van der Waals surface area contributed by atoms with Gasteiger partial charge >= 0.3 is 0 Å². The lowest BCUT2D eigenvalue weighted by atomic mass is 9.97. The topological polar surface area (TPSA) is 64.1 Å². The number of rotatable bonds is 2. The van der Waals surface area contributed by atoms with Gasteiger partial charge in [0.1, 0.15) is 12.0 Å². The zero-order valence-corrected chi connectivity index (χ0v) is 6.86. The third-order valence-corrected chi connectivity index (χ3v) is 2.41. The molecule has 1 aliphatic heterocycles. The Morgan fingerprint density at radius 2 is 2.67 bits per heavy atom. The molecule has 3 N–H and O–H groups in total. The molecule has 0 aliphatic carbocycles. The van der Waals surface area contributed by atoms with E-state index >= 15 is 0 Å². The molecule has 4 nitrogen and oxygen atoms in total. The van der Waals surface area contributed by atoms with Gasteiger partial charge in [0.25, 0.3) is 0 Å². The molecule has 0 aromatic carbocycles. The SMILES string of the molecule is NC(c1ccon1)C1CCNC1. The lowest BCUT2D eigenvalue weighted by Gasteiger charge is -2.14. The third-order valence-electron chi connectivity index (χ3n) is 2.41. The molecule has 0 amide bonds. The summed E-state index contributed by atoms with van der Waals surface area (Å²) in [6.07, 6.45) is 2.70. The van der Waals surface area contributed by atoms with E-state index in [9.17, 15) is 0 Å². The van der Waals surface area contributed by atoms with Gasteiger partial charge < -0.3 is 15.6 Å². The summed E-state index contributed by atoms with van der Waals surface area (Å²) >= 11 is 0. The molecule has 0 bridgehead atoms. The van der Waals surface area contributed by atoms with E-state index in [2.05, 4.69) is 10.5 Å². The molecule has 2 unspecified atom stereocenters. The molecule has 2 rings (SSSR count). The molecule has 0 spiro atoms. The largest absolute Gasteiger partial charge is 0.364 e. The van der Waals surface area contributed by atoms with Crippen molar-refractivity contribution in [3.05, 3.63) is 18.0 Å². The lowest BCUT2D eigenvalue weighted by Crippen LogP contribution is -2.23. The van der Waals surface area contributed by atoms with Crippen LogP contribution in [-0.2, 0) is 0 Å². The predicted octanol–water partition coefficient (Wildman–Crippen LogP) is 0.284. The van der Waals surface area contributed by atoms with Crippen molar-refractivity contribution in [1.29, 1.82) is 0 Å². The number of hydrogen-bond donors (Lipinski definition) is 2. The third kappa shape index (κ3) is 1.35. The van der Waals surface area contributed by atoms with Crippen molar-refractivity contribution in [3.63, 3.8) is 0 Å². The van der Waals surface area contributed by atoms with E-state index in [0.29, 0.717) is 5.92 Å². The fraction of sp³-hybridized carbons (Fsp3) is 0.625. The van der Waals surface area contributed by atoms with Crippen LogP contribution in [0, 0.1) is 5.92 Å². The molecule has 1 fully saturated rings. The summed E-state index contributed by atoms with van der Waals surface area (Å²) in [5.74, 6) is 0.509. The minimum Gasteiger partial charge on any atom is -0.364 e. The van der Waals surface area contributed by atoms with E-state index < -0.39 is 0 Å². The van der Waals surface area contributed by atoms with Gasteiger partial charge in [-0.2, -0.15) is 0 Å². The normalized spacial score (nSPS) is 25.9. The van der Waals surface area contributed by atoms with Crippen molar-refractivity contribution < 1.29 is 4.52 Å². The fourth-order valence-corrected chi connectivity index (χ4v) is 1.62. The molecular formula is C8H13N3O. The number of nitrogens with two attached hydrogens (primary N) is 1. The van der Waals surface area contributed by atoms with Crippen molar-refractivity contribution in [3.8, 4) is 0 Å². The van der Waals surface area contributed by atoms with Crippen LogP contribution in [0.2, 0.25) is 0 Å². The van der Waals surface area contributed by atoms with Gasteiger partial charge in [0.05, 0.1) is 6.04 Å². The second-order valence-electron chi connectivity index (χ2n) is 3.20. The van der Waals surface area contributed by atoms with E-state index in [1.54, 1.807) is 6.26 Å². The summed E-state index contributed by atoms with van der Waals surface area (Å²) < 4.78 is 4.74. The number of hydrogen-bond acceptors (Lipinski definition) is 4. The maximum Gasteiger partial charge on any atom is 0.124 e. The first kappa shape index (κ1) is 7.76. The van der Waals surface area contributed by atoms with Gasteiger partial charge in [0.15, 0.2) is 0 Å². The molecule has 12 heavy (non-hydrogen) atoms. The smallest absolute Gasteiger partial charge is 0.124 e. The minimum absolute atomic E-state index is 0.0266. The molecule has 2 heterocycles. The molecule has 1 aliphatic rings. The summed E-state index contributed by atoms with van der Waals surface area (Å²) in [6.45, 7) is 2.06. The quantitative estimate of drug-likeness (QED) is 0.664. The van der Waals surface area contributed by atoms with E-state index in [4.69, 9.17) is 10.3 Å². The van der Waals surface area contributed by atoms with Gasteiger partial charge in [-0.1, -0.05) is 5.16 Å². The summed E-state index contributed by atoms with van der Waals surface area (Å²) in [5.41, 5.74) is 6.85. The highest BCUT2D eigenvalue weighted by molar-refractivity contribution is 5.04. The van der Waals surface area contributed by atoms with Crippen LogP contribution in [0.5, 0.6) is 0 Å². The predicted molar refractivity (Wildman–Crippen MR) is 44.4 cm³/mol. The second-order valence-corrected chi connectivity index (χ2v) is 3.20. The Balaban J connectivity index is 2.04. The standard InChI is InChI=1S/C8H13N3O/c9-8(6-1-3-10-5-6)7-2-4-12-11-7/h2,4,6,8,10H,1,3,5,9H2. The Labute approximate surface area is 71.1 Å². The maximum absolute atomic E-state index is 5.98. The highest BCUT2D eigenvalue weighted by atomic mass is 16.5. The first-order valence-electron chi connectivity index (χ1n) is 4.24. The average Bonchev–Trinajstić information content (AvgIpc) is 2.77. The molecule has 4 heteroatoms. The van der Waals surface area contributed by atoms with Crippen LogP contribution in [-0.4, -0.2) is 18.2 Å². The van der Waals surface area contributed by atoms with Crippen LogP contribution in [0.15, 0.2) is 16.9 Å². The fourth-order valence-electron chi connectivity index (χ4n) is 1.62. The number of nitrogens with one attached hydrogen (secondary N) is 1. The van der Waals surface area contributed by atoms with Gasteiger partial charge in [-0.25, -0.2) is 0 Å². The summed E-state index contributed by atoms with van der Waals surface area (Å²) in [6, 6.07) is 1.86. The second kappa shape index (κ2) is 3.25. The van der Waals surface area contributed by atoms with Gasteiger partial charge in [0.2, 0.25) is 0 Å². The Morgan fingerprint density at radius 1 is 1.75 bits per heavy atom. The van der Waals surface area contributed by atoms with E-state index in [1.807, 2.05) is 6.07 Å².